The van der Waals surface area contributed by atoms with Crippen LogP contribution >= 0.6 is 11.8 Å². The fourth-order valence-electron chi connectivity index (χ4n) is 2.23. The summed E-state index contributed by atoms with van der Waals surface area (Å²) in [5.74, 6) is 0.713. The molecule has 0 atom stereocenters. The number of carbonyl (C=O) groups is 1. The van der Waals surface area contributed by atoms with Crippen LogP contribution in [-0.4, -0.2) is 35.5 Å². The van der Waals surface area contributed by atoms with Gasteiger partial charge in [-0.2, -0.15) is 11.8 Å². The van der Waals surface area contributed by atoms with Crippen molar-refractivity contribution >= 4 is 23.5 Å². The smallest absolute Gasteiger partial charge is 0.251 e. The average molecular weight is 309 g/mol. The number of rotatable bonds is 8. The summed E-state index contributed by atoms with van der Waals surface area (Å²) < 4.78 is 0.127. The molecule has 0 saturated carbocycles. The number of aromatic nitrogens is 1. The Hall–Kier alpha value is -1.23. The summed E-state index contributed by atoms with van der Waals surface area (Å²) in [7, 11) is 1.82. The second kappa shape index (κ2) is 8.27. The molecule has 1 amide bonds. The first-order valence-electron chi connectivity index (χ1n) is 7.56. The van der Waals surface area contributed by atoms with Crippen molar-refractivity contribution in [3.63, 3.8) is 0 Å². The normalized spacial score (nSPS) is 11.3. The molecular formula is C16H27N3OS. The standard InChI is InChI=1S/C16H27N3OS/c1-6-13-9-12(10-14(17-4)19-13)15(20)18-11-16(7-2,8-3)21-5/h9-10H,6-8,11H2,1-5H3,(H,17,19)(H,18,20). The topological polar surface area (TPSA) is 54.0 Å². The summed E-state index contributed by atoms with van der Waals surface area (Å²) in [4.78, 5) is 16.8. The van der Waals surface area contributed by atoms with Crippen LogP contribution in [0.4, 0.5) is 5.82 Å². The molecule has 0 aliphatic carbocycles. The highest BCUT2D eigenvalue weighted by molar-refractivity contribution is 8.00. The van der Waals surface area contributed by atoms with E-state index in [-0.39, 0.29) is 10.7 Å². The first-order chi connectivity index (χ1) is 10.0. The molecule has 118 valence electrons. The number of nitrogens with one attached hydrogen (secondary N) is 2. The van der Waals surface area contributed by atoms with E-state index in [4.69, 9.17) is 0 Å². The maximum absolute atomic E-state index is 12.4. The number of hydrogen-bond donors (Lipinski definition) is 2. The molecule has 0 aliphatic rings. The van der Waals surface area contributed by atoms with Crippen molar-refractivity contribution in [3.8, 4) is 0 Å². The molecule has 2 N–H and O–H groups in total. The molecule has 5 heteroatoms. The summed E-state index contributed by atoms with van der Waals surface area (Å²) in [6.45, 7) is 7.08. The minimum absolute atomic E-state index is 0.0241. The summed E-state index contributed by atoms with van der Waals surface area (Å²) in [5, 5.41) is 6.09. The van der Waals surface area contributed by atoms with Crippen molar-refractivity contribution in [2.45, 2.75) is 44.8 Å². The highest BCUT2D eigenvalue weighted by Crippen LogP contribution is 2.29. The molecule has 1 aromatic rings. The Morgan fingerprint density at radius 1 is 1.29 bits per heavy atom. The molecule has 1 aromatic heterocycles. The van der Waals surface area contributed by atoms with Crippen LogP contribution in [0, 0.1) is 0 Å². The zero-order chi connectivity index (χ0) is 15.9. The van der Waals surface area contributed by atoms with Gasteiger partial charge in [0, 0.05) is 29.6 Å². The van der Waals surface area contributed by atoms with E-state index in [2.05, 4.69) is 35.7 Å². The van der Waals surface area contributed by atoms with Crippen LogP contribution in [0.2, 0.25) is 0 Å². The molecule has 0 fully saturated rings. The van der Waals surface area contributed by atoms with E-state index >= 15 is 0 Å². The van der Waals surface area contributed by atoms with E-state index in [0.717, 1.165) is 30.8 Å². The average Bonchev–Trinajstić information content (AvgIpc) is 2.55. The molecule has 0 unspecified atom stereocenters. The minimum atomic E-state index is -0.0241. The van der Waals surface area contributed by atoms with E-state index in [1.165, 1.54) is 0 Å². The molecular weight excluding hydrogens is 282 g/mol. The highest BCUT2D eigenvalue weighted by atomic mass is 32.2. The minimum Gasteiger partial charge on any atom is -0.373 e. The Morgan fingerprint density at radius 2 is 1.95 bits per heavy atom. The van der Waals surface area contributed by atoms with Crippen molar-refractivity contribution in [3.05, 3.63) is 23.4 Å². The maximum atomic E-state index is 12.4. The van der Waals surface area contributed by atoms with E-state index in [0.29, 0.717) is 12.1 Å². The molecule has 0 saturated heterocycles. The van der Waals surface area contributed by atoms with Crippen molar-refractivity contribution in [1.29, 1.82) is 0 Å². The monoisotopic (exact) mass is 309 g/mol. The summed E-state index contributed by atoms with van der Waals surface area (Å²) in [6, 6.07) is 3.67. The van der Waals surface area contributed by atoms with Crippen LogP contribution in [0.5, 0.6) is 0 Å². The van der Waals surface area contributed by atoms with Gasteiger partial charge in [0.15, 0.2) is 0 Å². The lowest BCUT2D eigenvalue weighted by molar-refractivity contribution is 0.0948. The second-order valence-corrected chi connectivity index (χ2v) is 6.39. The summed E-state index contributed by atoms with van der Waals surface area (Å²) in [5.41, 5.74) is 1.60. The molecule has 21 heavy (non-hydrogen) atoms. The molecule has 0 bridgehead atoms. The fourth-order valence-corrected chi connectivity index (χ4v) is 3.03. The number of hydrogen-bond acceptors (Lipinski definition) is 4. The zero-order valence-corrected chi connectivity index (χ0v) is 14.6. The van der Waals surface area contributed by atoms with Crippen LogP contribution in [0.15, 0.2) is 12.1 Å². The predicted octanol–water partition coefficient (Wildman–Crippen LogP) is 3.34. The van der Waals surface area contributed by atoms with Crippen molar-refractivity contribution in [2.24, 2.45) is 0 Å². The fraction of sp³-hybridized carbons (Fsp3) is 0.625. The van der Waals surface area contributed by atoms with Crippen molar-refractivity contribution < 1.29 is 4.79 Å². The van der Waals surface area contributed by atoms with E-state index in [9.17, 15) is 4.79 Å². The summed E-state index contributed by atoms with van der Waals surface area (Å²) in [6.07, 6.45) is 5.01. The van der Waals surface area contributed by atoms with E-state index < -0.39 is 0 Å². The van der Waals surface area contributed by atoms with Crippen molar-refractivity contribution in [1.82, 2.24) is 10.3 Å². The quantitative estimate of drug-likeness (QED) is 0.773. The molecule has 4 nitrogen and oxygen atoms in total. The lowest BCUT2D eigenvalue weighted by Gasteiger charge is -2.29. The van der Waals surface area contributed by atoms with E-state index in [1.807, 2.05) is 31.8 Å². The zero-order valence-electron chi connectivity index (χ0n) is 13.7. The molecule has 0 spiro atoms. The van der Waals surface area contributed by atoms with Gasteiger partial charge < -0.3 is 10.6 Å². The lowest BCUT2D eigenvalue weighted by atomic mass is 10.0. The summed E-state index contributed by atoms with van der Waals surface area (Å²) >= 11 is 1.83. The van der Waals surface area contributed by atoms with Crippen LogP contribution in [0.25, 0.3) is 0 Å². The van der Waals surface area contributed by atoms with Crippen molar-refractivity contribution in [2.75, 3.05) is 25.2 Å². The van der Waals surface area contributed by atoms with E-state index in [1.54, 1.807) is 6.07 Å². The Morgan fingerprint density at radius 3 is 2.43 bits per heavy atom. The van der Waals surface area contributed by atoms with Gasteiger partial charge >= 0.3 is 0 Å². The van der Waals surface area contributed by atoms with Crippen LogP contribution < -0.4 is 10.6 Å². The maximum Gasteiger partial charge on any atom is 0.251 e. The Kier molecular flexibility index (Phi) is 7.02. The Balaban J connectivity index is 2.84. The van der Waals surface area contributed by atoms with Gasteiger partial charge in [-0.05, 0) is 37.7 Å². The van der Waals surface area contributed by atoms with Gasteiger partial charge in [0.2, 0.25) is 0 Å². The Bertz CT molecular complexity index is 442. The van der Waals surface area contributed by atoms with Gasteiger partial charge in [0.1, 0.15) is 5.82 Å². The first kappa shape index (κ1) is 17.8. The van der Waals surface area contributed by atoms with Gasteiger partial charge in [-0.15, -0.1) is 0 Å². The SMILES string of the molecule is CCc1cc(C(=O)NCC(CC)(CC)SC)cc(NC)n1. The van der Waals surface area contributed by atoms with Crippen LogP contribution in [0.1, 0.15) is 49.7 Å². The van der Waals surface area contributed by atoms with Gasteiger partial charge in [-0.25, -0.2) is 4.98 Å². The first-order valence-corrected chi connectivity index (χ1v) is 8.78. The highest BCUT2D eigenvalue weighted by Gasteiger charge is 2.25. The van der Waals surface area contributed by atoms with Crippen LogP contribution in [0.3, 0.4) is 0 Å². The number of nitrogens with zero attached hydrogens (tertiary/aromatic N) is 1. The Labute approximate surface area is 132 Å². The molecule has 1 rings (SSSR count). The lowest BCUT2D eigenvalue weighted by Crippen LogP contribution is -2.39. The molecule has 0 aliphatic heterocycles. The number of aryl methyl sites for hydroxylation is 1. The number of pyridine rings is 1. The van der Waals surface area contributed by atoms with Crippen LogP contribution in [-0.2, 0) is 6.42 Å². The third-order valence-corrected chi connectivity index (χ3v) is 5.64. The number of amides is 1. The largest absolute Gasteiger partial charge is 0.373 e. The van der Waals surface area contributed by atoms with Gasteiger partial charge in [0.25, 0.3) is 5.91 Å². The molecule has 0 radical (unpaired) electrons. The van der Waals surface area contributed by atoms with Gasteiger partial charge in [0.05, 0.1) is 0 Å². The number of carbonyl (C=O) groups excluding carboxylic acids is 1. The third-order valence-electron chi connectivity index (χ3n) is 4.05. The van der Waals surface area contributed by atoms with Gasteiger partial charge in [-0.1, -0.05) is 20.8 Å². The molecule has 0 aromatic carbocycles. The second-order valence-electron chi connectivity index (χ2n) is 5.11. The number of thioether (sulfide) groups is 1. The van der Waals surface area contributed by atoms with Gasteiger partial charge in [-0.3, -0.25) is 4.79 Å². The molecule has 1 heterocycles. The number of anilines is 1. The third kappa shape index (κ3) is 4.63. The predicted molar refractivity (Wildman–Crippen MR) is 92.3 cm³/mol.